The second-order valence-electron chi connectivity index (χ2n) is 3.52. The van der Waals surface area contributed by atoms with Crippen molar-refractivity contribution in [3.8, 4) is 0 Å². The first-order chi connectivity index (χ1) is 4.48. The fourth-order valence-corrected chi connectivity index (χ4v) is 0.734. The third kappa shape index (κ3) is 4.77. The van der Waals surface area contributed by atoms with Crippen LogP contribution in [0.4, 0.5) is 0 Å². The second kappa shape index (κ2) is 3.94. The predicted octanol–water partition coefficient (Wildman–Crippen LogP) is 1.24. The summed E-state index contributed by atoms with van der Waals surface area (Å²) in [4.78, 5) is 0. The third-order valence-electron chi connectivity index (χ3n) is 1.98. The van der Waals surface area contributed by atoms with Crippen molar-refractivity contribution < 1.29 is 0 Å². The summed E-state index contributed by atoms with van der Waals surface area (Å²) in [5.41, 5.74) is 11.5. The molecule has 0 aromatic carbocycles. The summed E-state index contributed by atoms with van der Waals surface area (Å²) in [6, 6.07) is 0.287. The molecule has 2 unspecified atom stereocenters. The molecule has 0 spiro atoms. The summed E-state index contributed by atoms with van der Waals surface area (Å²) in [6.07, 6.45) is 3.09. The summed E-state index contributed by atoms with van der Waals surface area (Å²) in [6.45, 7) is 6.21. The van der Waals surface area contributed by atoms with Gasteiger partial charge in [-0.15, -0.1) is 0 Å². The molecule has 4 N–H and O–H groups in total. The Morgan fingerprint density at radius 1 is 1.50 bits per heavy atom. The molecule has 0 saturated heterocycles. The molecule has 10 heavy (non-hydrogen) atoms. The van der Waals surface area contributed by atoms with Crippen LogP contribution in [-0.2, 0) is 0 Å². The maximum absolute atomic E-state index is 5.91. The molecule has 0 bridgehead atoms. The monoisotopic (exact) mass is 144 g/mol. The number of rotatable bonds is 4. The van der Waals surface area contributed by atoms with E-state index in [9.17, 15) is 0 Å². The Morgan fingerprint density at radius 2 is 2.00 bits per heavy atom. The SMILES string of the molecule is CCC(C)(N)CCC(C)N. The molecule has 2 nitrogen and oxygen atoms in total. The maximum Gasteiger partial charge on any atom is 0.0123 e. The van der Waals surface area contributed by atoms with Crippen LogP contribution in [0.15, 0.2) is 0 Å². The van der Waals surface area contributed by atoms with Gasteiger partial charge in [0, 0.05) is 11.6 Å². The van der Waals surface area contributed by atoms with Gasteiger partial charge in [0.05, 0.1) is 0 Å². The highest BCUT2D eigenvalue weighted by Crippen LogP contribution is 2.13. The van der Waals surface area contributed by atoms with Gasteiger partial charge in [-0.25, -0.2) is 0 Å². The van der Waals surface area contributed by atoms with Crippen LogP contribution in [0, 0.1) is 0 Å². The Labute approximate surface area is 64.0 Å². The minimum absolute atomic E-state index is 0.00632. The van der Waals surface area contributed by atoms with E-state index in [1.807, 2.05) is 6.92 Å². The standard InChI is InChI=1S/C8H20N2/c1-4-8(3,10)6-5-7(2)9/h7H,4-6,9-10H2,1-3H3. The molecule has 0 radical (unpaired) electrons. The Bertz CT molecular complexity index is 87.3. The zero-order valence-corrected chi connectivity index (χ0v) is 7.35. The molecular formula is C8H20N2. The summed E-state index contributed by atoms with van der Waals surface area (Å²) in [5.74, 6) is 0. The molecule has 0 aliphatic rings. The van der Waals surface area contributed by atoms with Crippen molar-refractivity contribution in [1.29, 1.82) is 0 Å². The molecule has 0 saturated carbocycles. The molecule has 2 atom stereocenters. The first kappa shape index (κ1) is 9.92. The van der Waals surface area contributed by atoms with Crippen molar-refractivity contribution in [2.75, 3.05) is 0 Å². The van der Waals surface area contributed by atoms with Crippen LogP contribution < -0.4 is 11.5 Å². The van der Waals surface area contributed by atoms with Crippen molar-refractivity contribution in [1.82, 2.24) is 0 Å². The van der Waals surface area contributed by atoms with Gasteiger partial charge in [0.15, 0.2) is 0 Å². The average molecular weight is 144 g/mol. The van der Waals surface area contributed by atoms with Gasteiger partial charge < -0.3 is 11.5 Å². The van der Waals surface area contributed by atoms with Gasteiger partial charge in [0.2, 0.25) is 0 Å². The van der Waals surface area contributed by atoms with Crippen molar-refractivity contribution in [2.24, 2.45) is 11.5 Å². The summed E-state index contributed by atoms with van der Waals surface area (Å²) < 4.78 is 0. The summed E-state index contributed by atoms with van der Waals surface area (Å²) in [5, 5.41) is 0. The molecule has 0 aliphatic carbocycles. The minimum Gasteiger partial charge on any atom is -0.328 e. The van der Waals surface area contributed by atoms with E-state index < -0.39 is 0 Å². The van der Waals surface area contributed by atoms with Gasteiger partial charge in [-0.1, -0.05) is 6.92 Å². The number of hydrogen-bond donors (Lipinski definition) is 2. The summed E-state index contributed by atoms with van der Waals surface area (Å²) in [7, 11) is 0. The van der Waals surface area contributed by atoms with Crippen LogP contribution in [-0.4, -0.2) is 11.6 Å². The van der Waals surface area contributed by atoms with Crippen molar-refractivity contribution in [2.45, 2.75) is 51.6 Å². The number of nitrogens with two attached hydrogens (primary N) is 2. The van der Waals surface area contributed by atoms with E-state index in [-0.39, 0.29) is 11.6 Å². The van der Waals surface area contributed by atoms with Crippen molar-refractivity contribution in [3.63, 3.8) is 0 Å². The van der Waals surface area contributed by atoms with Crippen LogP contribution in [0.2, 0.25) is 0 Å². The second-order valence-corrected chi connectivity index (χ2v) is 3.52. The maximum atomic E-state index is 5.91. The predicted molar refractivity (Wildman–Crippen MR) is 45.8 cm³/mol. The van der Waals surface area contributed by atoms with Crippen LogP contribution >= 0.6 is 0 Å². The molecular weight excluding hydrogens is 124 g/mol. The molecule has 62 valence electrons. The Balaban J connectivity index is 3.46. The molecule has 0 aromatic rings. The molecule has 0 aliphatic heterocycles. The quantitative estimate of drug-likeness (QED) is 0.623. The van der Waals surface area contributed by atoms with E-state index in [0.29, 0.717) is 0 Å². The number of hydrogen-bond acceptors (Lipinski definition) is 2. The highest BCUT2D eigenvalue weighted by Gasteiger charge is 2.15. The zero-order chi connectivity index (χ0) is 8.20. The molecule has 2 heteroatoms. The Kier molecular flexibility index (Phi) is 3.91. The lowest BCUT2D eigenvalue weighted by atomic mass is 9.92. The van der Waals surface area contributed by atoms with Crippen LogP contribution in [0.3, 0.4) is 0 Å². The van der Waals surface area contributed by atoms with E-state index >= 15 is 0 Å². The van der Waals surface area contributed by atoms with Crippen LogP contribution in [0.25, 0.3) is 0 Å². The van der Waals surface area contributed by atoms with Crippen molar-refractivity contribution in [3.05, 3.63) is 0 Å². The highest BCUT2D eigenvalue weighted by molar-refractivity contribution is 4.77. The van der Waals surface area contributed by atoms with Gasteiger partial charge in [0.25, 0.3) is 0 Å². The van der Waals surface area contributed by atoms with Gasteiger partial charge in [0.1, 0.15) is 0 Å². The van der Waals surface area contributed by atoms with E-state index in [0.717, 1.165) is 19.3 Å². The highest BCUT2D eigenvalue weighted by atomic mass is 14.7. The lowest BCUT2D eigenvalue weighted by molar-refractivity contribution is 0.391. The lowest BCUT2D eigenvalue weighted by Crippen LogP contribution is -2.36. The topological polar surface area (TPSA) is 52.0 Å². The fourth-order valence-electron chi connectivity index (χ4n) is 0.734. The lowest BCUT2D eigenvalue weighted by Gasteiger charge is -2.23. The van der Waals surface area contributed by atoms with E-state index in [1.54, 1.807) is 0 Å². The Hall–Kier alpha value is -0.0800. The molecule has 0 heterocycles. The van der Waals surface area contributed by atoms with Crippen molar-refractivity contribution >= 4 is 0 Å². The third-order valence-corrected chi connectivity index (χ3v) is 1.98. The average Bonchev–Trinajstić information content (AvgIpc) is 1.85. The molecule has 0 fully saturated rings. The van der Waals surface area contributed by atoms with Crippen LogP contribution in [0.5, 0.6) is 0 Å². The smallest absolute Gasteiger partial charge is 0.0123 e. The first-order valence-electron chi connectivity index (χ1n) is 4.02. The molecule has 0 aromatic heterocycles. The molecule has 0 rings (SSSR count). The normalized spacial score (nSPS) is 20.1. The summed E-state index contributed by atoms with van der Waals surface area (Å²) >= 11 is 0. The first-order valence-corrected chi connectivity index (χ1v) is 4.02. The van der Waals surface area contributed by atoms with E-state index in [4.69, 9.17) is 11.5 Å². The zero-order valence-electron chi connectivity index (χ0n) is 7.35. The van der Waals surface area contributed by atoms with Gasteiger partial charge in [-0.3, -0.25) is 0 Å². The Morgan fingerprint density at radius 3 is 2.30 bits per heavy atom. The van der Waals surface area contributed by atoms with Gasteiger partial charge >= 0.3 is 0 Å². The fraction of sp³-hybridized carbons (Fsp3) is 1.00. The van der Waals surface area contributed by atoms with Gasteiger partial charge in [-0.05, 0) is 33.1 Å². The molecule has 0 amide bonds. The van der Waals surface area contributed by atoms with E-state index in [2.05, 4.69) is 13.8 Å². The minimum atomic E-state index is -0.00632. The largest absolute Gasteiger partial charge is 0.328 e. The van der Waals surface area contributed by atoms with E-state index in [1.165, 1.54) is 0 Å². The van der Waals surface area contributed by atoms with Crippen LogP contribution in [0.1, 0.15) is 40.0 Å². The van der Waals surface area contributed by atoms with Gasteiger partial charge in [-0.2, -0.15) is 0 Å².